The lowest BCUT2D eigenvalue weighted by atomic mass is 9.78. The molecule has 5 heteroatoms. The van der Waals surface area contributed by atoms with Gasteiger partial charge in [-0.15, -0.1) is 0 Å². The number of aryl methyl sites for hydroxylation is 1. The van der Waals surface area contributed by atoms with E-state index in [1.807, 2.05) is 0 Å². The van der Waals surface area contributed by atoms with Gasteiger partial charge in [-0.3, -0.25) is 4.90 Å². The van der Waals surface area contributed by atoms with Crippen molar-refractivity contribution in [3.8, 4) is 0 Å². The Balaban J connectivity index is 1.42. The van der Waals surface area contributed by atoms with E-state index in [-0.39, 0.29) is 11.5 Å². The Hall–Kier alpha value is -1.72. The number of hydrogen-bond donors (Lipinski definition) is 1. The minimum absolute atomic E-state index is 0.226. The SMILES string of the molecule is CN1CCNCC1c1noc(C2CC23CCCc2ccccc23)n1. The van der Waals surface area contributed by atoms with Crippen LogP contribution in [0.5, 0.6) is 0 Å². The molecule has 0 bridgehead atoms. The molecule has 1 N–H and O–H groups in total. The summed E-state index contributed by atoms with van der Waals surface area (Å²) in [5.41, 5.74) is 3.30. The van der Waals surface area contributed by atoms with Gasteiger partial charge in [0.1, 0.15) is 0 Å². The van der Waals surface area contributed by atoms with E-state index < -0.39 is 0 Å². The maximum Gasteiger partial charge on any atom is 0.230 e. The van der Waals surface area contributed by atoms with E-state index in [1.165, 1.54) is 30.4 Å². The van der Waals surface area contributed by atoms with Crippen LogP contribution in [-0.2, 0) is 11.8 Å². The molecule has 0 amide bonds. The summed E-state index contributed by atoms with van der Waals surface area (Å²) in [6, 6.07) is 9.15. The molecule has 3 aliphatic rings. The highest BCUT2D eigenvalue weighted by Gasteiger charge is 2.59. The standard InChI is InChI=1S/C19H24N4O/c1-23-10-9-20-12-16(23)17-21-18(24-22-17)15-11-19(15)8-4-6-13-5-2-3-7-14(13)19/h2-3,5,7,15-16,20H,4,6,8-12H2,1H3. The van der Waals surface area contributed by atoms with E-state index in [2.05, 4.69) is 46.7 Å². The lowest BCUT2D eigenvalue weighted by Crippen LogP contribution is -2.44. The molecule has 5 rings (SSSR count). The van der Waals surface area contributed by atoms with Gasteiger partial charge in [0.05, 0.1) is 6.04 Å². The van der Waals surface area contributed by atoms with E-state index in [1.54, 1.807) is 0 Å². The maximum atomic E-state index is 5.72. The van der Waals surface area contributed by atoms with Gasteiger partial charge in [0.25, 0.3) is 0 Å². The normalized spacial score (nSPS) is 32.7. The predicted octanol–water partition coefficient (Wildman–Crippen LogP) is 2.41. The molecule has 1 saturated heterocycles. The first-order valence-electron chi connectivity index (χ1n) is 9.11. The fourth-order valence-corrected chi connectivity index (χ4v) is 4.77. The Kier molecular flexibility index (Phi) is 3.28. The van der Waals surface area contributed by atoms with Crippen molar-refractivity contribution in [2.45, 2.75) is 43.1 Å². The minimum atomic E-state index is 0.226. The van der Waals surface area contributed by atoms with Gasteiger partial charge >= 0.3 is 0 Å². The van der Waals surface area contributed by atoms with E-state index in [9.17, 15) is 0 Å². The number of nitrogens with one attached hydrogen (secondary N) is 1. The largest absolute Gasteiger partial charge is 0.339 e. The van der Waals surface area contributed by atoms with Crippen molar-refractivity contribution in [1.82, 2.24) is 20.4 Å². The zero-order valence-corrected chi connectivity index (χ0v) is 14.2. The average Bonchev–Trinajstić information content (AvgIpc) is 3.11. The molecule has 5 nitrogen and oxygen atoms in total. The first-order chi connectivity index (χ1) is 11.8. The van der Waals surface area contributed by atoms with Crippen molar-refractivity contribution in [1.29, 1.82) is 0 Å². The molecule has 2 aromatic rings. The molecule has 24 heavy (non-hydrogen) atoms. The molecular formula is C19H24N4O. The minimum Gasteiger partial charge on any atom is -0.339 e. The number of piperazine rings is 1. The second kappa shape index (κ2) is 5.39. The van der Waals surface area contributed by atoms with Gasteiger partial charge in [0, 0.05) is 31.0 Å². The van der Waals surface area contributed by atoms with E-state index in [4.69, 9.17) is 9.51 Å². The third kappa shape index (κ3) is 2.15. The fraction of sp³-hybridized carbons (Fsp3) is 0.579. The van der Waals surface area contributed by atoms with Crippen LogP contribution in [0.1, 0.15) is 54.1 Å². The van der Waals surface area contributed by atoms with Gasteiger partial charge in [0.2, 0.25) is 5.89 Å². The van der Waals surface area contributed by atoms with Crippen molar-refractivity contribution < 1.29 is 4.52 Å². The van der Waals surface area contributed by atoms with Crippen LogP contribution in [-0.4, -0.2) is 41.7 Å². The molecule has 3 unspecified atom stereocenters. The second-order valence-electron chi connectivity index (χ2n) is 7.61. The summed E-state index contributed by atoms with van der Waals surface area (Å²) >= 11 is 0. The molecule has 126 valence electrons. The quantitative estimate of drug-likeness (QED) is 0.919. The summed E-state index contributed by atoms with van der Waals surface area (Å²) < 4.78 is 5.72. The van der Waals surface area contributed by atoms with Gasteiger partial charge in [-0.05, 0) is 43.9 Å². The topological polar surface area (TPSA) is 54.2 Å². The summed E-state index contributed by atoms with van der Waals surface area (Å²) in [6.07, 6.45) is 4.88. The van der Waals surface area contributed by atoms with Crippen LogP contribution >= 0.6 is 0 Å². The fourth-order valence-electron chi connectivity index (χ4n) is 4.77. The molecule has 1 spiro atoms. The number of rotatable bonds is 2. The Bertz CT molecular complexity index is 757. The molecule has 1 saturated carbocycles. The molecule has 1 aliphatic heterocycles. The molecule has 3 atom stereocenters. The summed E-state index contributed by atoms with van der Waals surface area (Å²) in [4.78, 5) is 7.12. The number of likely N-dealkylation sites (N-methyl/N-ethyl adjacent to an activating group) is 1. The number of nitrogens with zero attached hydrogens (tertiary/aromatic N) is 3. The number of hydrogen-bond acceptors (Lipinski definition) is 5. The van der Waals surface area contributed by atoms with Crippen LogP contribution < -0.4 is 5.32 Å². The highest BCUT2D eigenvalue weighted by atomic mass is 16.5. The van der Waals surface area contributed by atoms with Gasteiger partial charge < -0.3 is 9.84 Å². The highest BCUT2D eigenvalue weighted by molar-refractivity contribution is 5.45. The summed E-state index contributed by atoms with van der Waals surface area (Å²) in [7, 11) is 2.14. The van der Waals surface area contributed by atoms with Crippen molar-refractivity contribution in [2.24, 2.45) is 0 Å². The van der Waals surface area contributed by atoms with Crippen molar-refractivity contribution >= 4 is 0 Å². The first kappa shape index (κ1) is 14.6. The van der Waals surface area contributed by atoms with Gasteiger partial charge in [-0.1, -0.05) is 29.4 Å². The molecule has 2 heterocycles. The molecule has 2 fully saturated rings. The van der Waals surface area contributed by atoms with Crippen LogP contribution in [0.3, 0.4) is 0 Å². The lowest BCUT2D eigenvalue weighted by molar-refractivity contribution is 0.190. The first-order valence-corrected chi connectivity index (χ1v) is 9.11. The number of benzene rings is 1. The monoisotopic (exact) mass is 324 g/mol. The van der Waals surface area contributed by atoms with E-state index >= 15 is 0 Å². The zero-order chi connectivity index (χ0) is 16.1. The smallest absolute Gasteiger partial charge is 0.230 e. The lowest BCUT2D eigenvalue weighted by Gasteiger charge is -2.30. The van der Waals surface area contributed by atoms with Crippen molar-refractivity contribution in [3.05, 3.63) is 47.1 Å². The van der Waals surface area contributed by atoms with Gasteiger partial charge in [0.15, 0.2) is 5.82 Å². The van der Waals surface area contributed by atoms with Crippen molar-refractivity contribution in [2.75, 3.05) is 26.7 Å². The van der Waals surface area contributed by atoms with Crippen LogP contribution in [0, 0.1) is 0 Å². The van der Waals surface area contributed by atoms with Crippen LogP contribution in [0.25, 0.3) is 0 Å². The Morgan fingerprint density at radius 2 is 2.25 bits per heavy atom. The molecule has 1 aromatic carbocycles. The Morgan fingerprint density at radius 3 is 3.17 bits per heavy atom. The third-order valence-electron chi connectivity index (χ3n) is 6.26. The molecule has 1 aromatic heterocycles. The van der Waals surface area contributed by atoms with Crippen LogP contribution in [0.15, 0.2) is 28.8 Å². The van der Waals surface area contributed by atoms with Gasteiger partial charge in [-0.25, -0.2) is 0 Å². The molecule has 2 aliphatic carbocycles. The Labute approximate surface area is 142 Å². The van der Waals surface area contributed by atoms with Crippen LogP contribution in [0.2, 0.25) is 0 Å². The Morgan fingerprint density at radius 1 is 1.33 bits per heavy atom. The highest BCUT2D eigenvalue weighted by Crippen LogP contribution is 2.64. The summed E-state index contributed by atoms with van der Waals surface area (Å²) in [6.45, 7) is 2.95. The molecular weight excluding hydrogens is 300 g/mol. The predicted molar refractivity (Wildman–Crippen MR) is 91.0 cm³/mol. The third-order valence-corrected chi connectivity index (χ3v) is 6.26. The molecule has 0 radical (unpaired) electrons. The number of aromatic nitrogens is 2. The van der Waals surface area contributed by atoms with E-state index in [0.29, 0.717) is 5.92 Å². The van der Waals surface area contributed by atoms with E-state index in [0.717, 1.165) is 37.8 Å². The second-order valence-corrected chi connectivity index (χ2v) is 7.61. The zero-order valence-electron chi connectivity index (χ0n) is 14.2. The summed E-state index contributed by atoms with van der Waals surface area (Å²) in [5.74, 6) is 2.09. The van der Waals surface area contributed by atoms with Crippen LogP contribution in [0.4, 0.5) is 0 Å². The maximum absolute atomic E-state index is 5.72. The average molecular weight is 324 g/mol. The van der Waals surface area contributed by atoms with Crippen molar-refractivity contribution in [3.63, 3.8) is 0 Å². The van der Waals surface area contributed by atoms with Gasteiger partial charge in [-0.2, -0.15) is 4.98 Å². The number of fused-ring (bicyclic) bond motifs is 2. The summed E-state index contributed by atoms with van der Waals surface area (Å²) in [5, 5.41) is 7.74.